The van der Waals surface area contributed by atoms with Crippen LogP contribution in [0.1, 0.15) is 19.3 Å². The van der Waals surface area contributed by atoms with E-state index in [1.54, 1.807) is 0 Å². The van der Waals surface area contributed by atoms with Crippen LogP contribution in [0, 0.1) is 0 Å². The third-order valence-electron chi connectivity index (χ3n) is 2.65. The number of hydrogen-bond acceptors (Lipinski definition) is 4. The molecular formula is C9H15F2NO4S. The number of aliphatic hydroxyl groups is 1. The summed E-state index contributed by atoms with van der Waals surface area (Å²) in [7, 11) is -3.47. The molecule has 1 heterocycles. The smallest absolute Gasteiger partial charge is 0.265 e. The zero-order valence-corrected chi connectivity index (χ0v) is 9.92. The van der Waals surface area contributed by atoms with Gasteiger partial charge >= 0.3 is 0 Å². The van der Waals surface area contributed by atoms with Crippen molar-refractivity contribution < 1.29 is 27.1 Å². The molecule has 0 radical (unpaired) electrons. The van der Waals surface area contributed by atoms with Crippen molar-refractivity contribution in [1.82, 2.24) is 5.32 Å². The number of amides is 1. The molecule has 1 aliphatic heterocycles. The molecule has 0 aromatic rings. The number of halogens is 2. The summed E-state index contributed by atoms with van der Waals surface area (Å²) >= 11 is 0. The summed E-state index contributed by atoms with van der Waals surface area (Å²) in [6, 6.07) is 0. The van der Waals surface area contributed by atoms with Gasteiger partial charge in [0.2, 0.25) is 5.91 Å². The molecule has 2 atom stereocenters. The molecule has 1 amide bonds. The van der Waals surface area contributed by atoms with Gasteiger partial charge in [0.15, 0.2) is 9.84 Å². The van der Waals surface area contributed by atoms with E-state index < -0.39 is 40.1 Å². The van der Waals surface area contributed by atoms with Crippen molar-refractivity contribution in [3.8, 4) is 0 Å². The number of rotatable bonds is 4. The molecule has 0 aromatic carbocycles. The molecule has 0 aliphatic carbocycles. The highest BCUT2D eigenvalue weighted by molar-refractivity contribution is 7.92. The predicted molar refractivity (Wildman–Crippen MR) is 56.4 cm³/mol. The summed E-state index contributed by atoms with van der Waals surface area (Å²) < 4.78 is 47.0. The second-order valence-corrected chi connectivity index (χ2v) is 6.30. The van der Waals surface area contributed by atoms with Gasteiger partial charge in [0, 0.05) is 6.54 Å². The van der Waals surface area contributed by atoms with Crippen LogP contribution in [0.3, 0.4) is 0 Å². The van der Waals surface area contributed by atoms with Gasteiger partial charge in [-0.2, -0.15) is 0 Å². The number of carbonyl (C=O) groups excluding carboxylic acids is 1. The van der Waals surface area contributed by atoms with Crippen LogP contribution in [0.25, 0.3) is 0 Å². The molecule has 8 heteroatoms. The maximum atomic E-state index is 12.0. The minimum Gasteiger partial charge on any atom is -0.385 e. The Kier molecular flexibility index (Phi) is 4.81. The molecule has 100 valence electrons. The highest BCUT2D eigenvalue weighted by Gasteiger charge is 2.35. The van der Waals surface area contributed by atoms with Crippen LogP contribution in [-0.4, -0.2) is 49.5 Å². The van der Waals surface area contributed by atoms with Gasteiger partial charge in [0.1, 0.15) is 11.4 Å². The normalized spacial score (nSPS) is 25.5. The highest BCUT2D eigenvalue weighted by atomic mass is 32.2. The summed E-state index contributed by atoms with van der Waals surface area (Å²) in [5.74, 6) is -0.855. The molecular weight excluding hydrogens is 256 g/mol. The third kappa shape index (κ3) is 3.88. The fourth-order valence-corrected chi connectivity index (χ4v) is 3.48. The van der Waals surface area contributed by atoms with E-state index in [9.17, 15) is 22.0 Å². The largest absolute Gasteiger partial charge is 0.385 e. The Morgan fingerprint density at radius 3 is 2.59 bits per heavy atom. The molecule has 2 N–H and O–H groups in total. The van der Waals surface area contributed by atoms with E-state index in [-0.39, 0.29) is 12.2 Å². The number of sulfone groups is 1. The fourth-order valence-electron chi connectivity index (χ4n) is 1.66. The van der Waals surface area contributed by atoms with Crippen LogP contribution >= 0.6 is 0 Å². The van der Waals surface area contributed by atoms with Crippen molar-refractivity contribution >= 4 is 15.7 Å². The Bertz CT molecular complexity index is 371. The van der Waals surface area contributed by atoms with E-state index in [1.807, 2.05) is 5.32 Å². The van der Waals surface area contributed by atoms with Crippen LogP contribution in [0.4, 0.5) is 8.78 Å². The minimum absolute atomic E-state index is 0.0531. The molecule has 0 bridgehead atoms. The van der Waals surface area contributed by atoms with Crippen LogP contribution in [-0.2, 0) is 14.6 Å². The van der Waals surface area contributed by atoms with E-state index in [1.165, 1.54) is 0 Å². The Hall–Kier alpha value is -0.760. The maximum Gasteiger partial charge on any atom is 0.265 e. The zero-order valence-electron chi connectivity index (χ0n) is 9.10. The van der Waals surface area contributed by atoms with Crippen molar-refractivity contribution in [2.45, 2.75) is 37.0 Å². The Labute approximate surface area is 98.1 Å². The van der Waals surface area contributed by atoms with Gasteiger partial charge in [-0.1, -0.05) is 6.42 Å². The number of alkyl halides is 2. The average molecular weight is 271 g/mol. The standard InChI is InChI=1S/C9H15F2NO4S/c10-8(11)6(13)5-12-9(14)7-3-1-2-4-17(7,15)16/h6-8,13H,1-5H2,(H,12,14). The quantitative estimate of drug-likeness (QED) is 0.735. The zero-order chi connectivity index (χ0) is 13.1. The molecule has 0 saturated carbocycles. The summed E-state index contributed by atoms with van der Waals surface area (Å²) in [6.07, 6.45) is -3.58. The molecule has 1 rings (SSSR count). The lowest BCUT2D eigenvalue weighted by molar-refractivity contribution is -0.121. The van der Waals surface area contributed by atoms with Crippen molar-refractivity contribution in [2.75, 3.05) is 12.3 Å². The molecule has 5 nitrogen and oxygen atoms in total. The summed E-state index contributed by atoms with van der Waals surface area (Å²) in [5.41, 5.74) is 0. The Morgan fingerprint density at radius 1 is 1.41 bits per heavy atom. The SMILES string of the molecule is O=C(NCC(O)C(F)F)C1CCCCS1(=O)=O. The van der Waals surface area contributed by atoms with E-state index in [0.717, 1.165) is 0 Å². The lowest BCUT2D eigenvalue weighted by Crippen LogP contribution is -2.46. The van der Waals surface area contributed by atoms with Gasteiger partial charge in [-0.15, -0.1) is 0 Å². The summed E-state index contributed by atoms with van der Waals surface area (Å²) in [6.45, 7) is -0.636. The summed E-state index contributed by atoms with van der Waals surface area (Å²) in [5, 5.41) is 9.66. The predicted octanol–water partition coefficient (Wildman–Crippen LogP) is -0.304. The third-order valence-corrected chi connectivity index (χ3v) is 4.82. The number of nitrogens with one attached hydrogen (secondary N) is 1. The van der Waals surface area contributed by atoms with Crippen LogP contribution < -0.4 is 5.32 Å². The second kappa shape index (κ2) is 5.72. The fraction of sp³-hybridized carbons (Fsp3) is 0.889. The Balaban J connectivity index is 2.52. The lowest BCUT2D eigenvalue weighted by atomic mass is 10.2. The van der Waals surface area contributed by atoms with E-state index in [4.69, 9.17) is 5.11 Å². The molecule has 2 unspecified atom stereocenters. The molecule has 0 spiro atoms. The first kappa shape index (κ1) is 14.3. The molecule has 17 heavy (non-hydrogen) atoms. The van der Waals surface area contributed by atoms with Gasteiger partial charge in [0.05, 0.1) is 5.75 Å². The van der Waals surface area contributed by atoms with Gasteiger partial charge in [-0.05, 0) is 12.8 Å². The lowest BCUT2D eigenvalue weighted by Gasteiger charge is -2.22. The van der Waals surface area contributed by atoms with Crippen molar-refractivity contribution in [2.24, 2.45) is 0 Å². The van der Waals surface area contributed by atoms with Crippen LogP contribution in [0.15, 0.2) is 0 Å². The average Bonchev–Trinajstić information content (AvgIpc) is 2.24. The van der Waals surface area contributed by atoms with Gasteiger partial charge < -0.3 is 10.4 Å². The summed E-state index contributed by atoms with van der Waals surface area (Å²) in [4.78, 5) is 11.5. The minimum atomic E-state index is -3.47. The van der Waals surface area contributed by atoms with Gasteiger partial charge in [0.25, 0.3) is 6.43 Å². The first-order valence-electron chi connectivity index (χ1n) is 5.30. The monoisotopic (exact) mass is 271 g/mol. The maximum absolute atomic E-state index is 12.0. The van der Waals surface area contributed by atoms with Crippen LogP contribution in [0.5, 0.6) is 0 Å². The highest BCUT2D eigenvalue weighted by Crippen LogP contribution is 2.19. The topological polar surface area (TPSA) is 83.5 Å². The van der Waals surface area contributed by atoms with E-state index >= 15 is 0 Å². The van der Waals surface area contributed by atoms with E-state index in [0.29, 0.717) is 12.8 Å². The van der Waals surface area contributed by atoms with Crippen LogP contribution in [0.2, 0.25) is 0 Å². The molecule has 1 fully saturated rings. The Morgan fingerprint density at radius 2 is 2.06 bits per heavy atom. The van der Waals surface area contributed by atoms with Gasteiger partial charge in [-0.3, -0.25) is 4.79 Å². The van der Waals surface area contributed by atoms with Gasteiger partial charge in [-0.25, -0.2) is 17.2 Å². The first-order chi connectivity index (χ1) is 7.84. The molecule has 1 saturated heterocycles. The first-order valence-corrected chi connectivity index (χ1v) is 7.01. The number of carbonyl (C=O) groups is 1. The second-order valence-electron chi connectivity index (χ2n) is 4.00. The van der Waals surface area contributed by atoms with Crippen molar-refractivity contribution in [3.05, 3.63) is 0 Å². The number of hydrogen-bond donors (Lipinski definition) is 2. The molecule has 0 aromatic heterocycles. The van der Waals surface area contributed by atoms with Crippen molar-refractivity contribution in [1.29, 1.82) is 0 Å². The van der Waals surface area contributed by atoms with E-state index in [2.05, 4.69) is 0 Å². The number of aliphatic hydroxyl groups excluding tert-OH is 1. The molecule has 1 aliphatic rings. The van der Waals surface area contributed by atoms with Crippen molar-refractivity contribution in [3.63, 3.8) is 0 Å².